The Hall–Kier alpha value is -1.36. The van der Waals surface area contributed by atoms with E-state index in [2.05, 4.69) is 5.32 Å². The van der Waals surface area contributed by atoms with Gasteiger partial charge in [0.1, 0.15) is 5.54 Å². The molecule has 5 heteroatoms. The Balaban J connectivity index is 2.19. The van der Waals surface area contributed by atoms with E-state index >= 15 is 0 Å². The third-order valence-corrected chi connectivity index (χ3v) is 5.48. The molecule has 1 heterocycles. The molecule has 1 amide bonds. The van der Waals surface area contributed by atoms with E-state index in [1.165, 1.54) is 11.3 Å². The molecule has 0 bridgehead atoms. The lowest BCUT2D eigenvalue weighted by Gasteiger charge is -2.39. The fourth-order valence-corrected chi connectivity index (χ4v) is 3.70. The van der Waals surface area contributed by atoms with Crippen molar-refractivity contribution in [1.82, 2.24) is 5.32 Å². The predicted octanol–water partition coefficient (Wildman–Crippen LogP) is 3.07. The Morgan fingerprint density at radius 1 is 1.45 bits per heavy atom. The molecular formula is C15H21NO3S. The molecule has 0 aliphatic heterocycles. The number of aliphatic carboxylic acids is 1. The lowest BCUT2D eigenvalue weighted by molar-refractivity contribution is -0.148. The van der Waals surface area contributed by atoms with E-state index in [0.717, 1.165) is 30.6 Å². The van der Waals surface area contributed by atoms with Gasteiger partial charge in [-0.25, -0.2) is 4.79 Å². The molecular weight excluding hydrogens is 274 g/mol. The standard InChI is InChI=1S/C15H21NO3S/c1-3-11-7-8-12(20-11)13(17)16-15(14(18)19)9-5-4-6-10(15)2/h7-8,10H,3-6,9H2,1-2H3,(H,16,17)(H,18,19). The predicted molar refractivity (Wildman–Crippen MR) is 79.2 cm³/mol. The second-order valence-electron chi connectivity index (χ2n) is 5.50. The highest BCUT2D eigenvalue weighted by Gasteiger charge is 2.46. The molecule has 2 atom stereocenters. The van der Waals surface area contributed by atoms with Crippen LogP contribution in [0.25, 0.3) is 0 Å². The Morgan fingerprint density at radius 2 is 2.20 bits per heavy atom. The number of carbonyl (C=O) groups excluding carboxylic acids is 1. The van der Waals surface area contributed by atoms with Gasteiger partial charge in [0.15, 0.2) is 0 Å². The van der Waals surface area contributed by atoms with Crippen LogP contribution in [0.5, 0.6) is 0 Å². The number of rotatable bonds is 4. The first-order chi connectivity index (χ1) is 9.49. The molecule has 1 aliphatic carbocycles. The Labute approximate surface area is 123 Å². The number of thiophene rings is 1. The first-order valence-corrected chi connectivity index (χ1v) is 7.96. The number of hydrogen-bond acceptors (Lipinski definition) is 3. The van der Waals surface area contributed by atoms with Crippen molar-refractivity contribution in [3.05, 3.63) is 21.9 Å². The molecule has 0 spiro atoms. The molecule has 1 aromatic rings. The van der Waals surface area contributed by atoms with E-state index in [4.69, 9.17) is 0 Å². The van der Waals surface area contributed by atoms with E-state index in [-0.39, 0.29) is 11.8 Å². The van der Waals surface area contributed by atoms with Crippen molar-refractivity contribution in [3.63, 3.8) is 0 Å². The Morgan fingerprint density at radius 3 is 2.75 bits per heavy atom. The van der Waals surface area contributed by atoms with Gasteiger partial charge >= 0.3 is 5.97 Å². The number of carbonyl (C=O) groups is 2. The van der Waals surface area contributed by atoms with Gasteiger partial charge < -0.3 is 10.4 Å². The highest BCUT2D eigenvalue weighted by molar-refractivity contribution is 7.14. The van der Waals surface area contributed by atoms with Crippen molar-refractivity contribution >= 4 is 23.2 Å². The van der Waals surface area contributed by atoms with Gasteiger partial charge in [-0.2, -0.15) is 0 Å². The Bertz CT molecular complexity index is 511. The van der Waals surface area contributed by atoms with E-state index in [1.807, 2.05) is 19.9 Å². The number of nitrogens with one attached hydrogen (secondary N) is 1. The zero-order valence-electron chi connectivity index (χ0n) is 11.9. The van der Waals surface area contributed by atoms with Crippen LogP contribution < -0.4 is 5.32 Å². The molecule has 1 aliphatic rings. The van der Waals surface area contributed by atoms with Crippen LogP contribution in [0.3, 0.4) is 0 Å². The molecule has 2 N–H and O–H groups in total. The molecule has 0 saturated heterocycles. The molecule has 1 aromatic heterocycles. The zero-order chi connectivity index (χ0) is 14.8. The molecule has 0 aromatic carbocycles. The van der Waals surface area contributed by atoms with E-state index in [0.29, 0.717) is 11.3 Å². The smallest absolute Gasteiger partial charge is 0.329 e. The van der Waals surface area contributed by atoms with Crippen molar-refractivity contribution in [3.8, 4) is 0 Å². The molecule has 20 heavy (non-hydrogen) atoms. The largest absolute Gasteiger partial charge is 0.479 e. The normalized spacial score (nSPS) is 26.2. The monoisotopic (exact) mass is 295 g/mol. The van der Waals surface area contributed by atoms with Crippen molar-refractivity contribution < 1.29 is 14.7 Å². The van der Waals surface area contributed by atoms with Crippen molar-refractivity contribution in [1.29, 1.82) is 0 Å². The summed E-state index contributed by atoms with van der Waals surface area (Å²) in [6, 6.07) is 3.71. The quantitative estimate of drug-likeness (QED) is 0.897. The van der Waals surface area contributed by atoms with Crippen LogP contribution in [-0.4, -0.2) is 22.5 Å². The third kappa shape index (κ3) is 2.73. The SMILES string of the molecule is CCc1ccc(C(=O)NC2(C(=O)O)CCCCC2C)s1. The maximum atomic E-state index is 12.3. The minimum Gasteiger partial charge on any atom is -0.479 e. The molecule has 110 valence electrons. The summed E-state index contributed by atoms with van der Waals surface area (Å²) in [6.45, 7) is 3.95. The average Bonchev–Trinajstić information content (AvgIpc) is 2.90. The van der Waals surface area contributed by atoms with Gasteiger partial charge in [0.2, 0.25) is 0 Å². The fourth-order valence-electron chi connectivity index (χ4n) is 2.86. The number of carboxylic acid groups (broad SMARTS) is 1. The molecule has 1 fully saturated rings. The molecule has 0 radical (unpaired) electrons. The lowest BCUT2D eigenvalue weighted by atomic mass is 9.73. The van der Waals surface area contributed by atoms with Crippen molar-refractivity contribution in [2.45, 2.75) is 51.5 Å². The fraction of sp³-hybridized carbons (Fsp3) is 0.600. The third-order valence-electron chi connectivity index (χ3n) is 4.25. The topological polar surface area (TPSA) is 66.4 Å². The van der Waals surface area contributed by atoms with E-state index in [1.54, 1.807) is 6.07 Å². The van der Waals surface area contributed by atoms with Gasteiger partial charge in [-0.1, -0.05) is 26.7 Å². The van der Waals surface area contributed by atoms with Crippen LogP contribution >= 0.6 is 11.3 Å². The van der Waals surface area contributed by atoms with Crippen LogP contribution in [0.2, 0.25) is 0 Å². The van der Waals surface area contributed by atoms with Gasteiger partial charge in [-0.15, -0.1) is 11.3 Å². The summed E-state index contributed by atoms with van der Waals surface area (Å²) in [5, 5.41) is 12.4. The minimum atomic E-state index is -1.11. The van der Waals surface area contributed by atoms with Gasteiger partial charge in [-0.3, -0.25) is 4.79 Å². The second-order valence-corrected chi connectivity index (χ2v) is 6.67. The molecule has 1 saturated carbocycles. The van der Waals surface area contributed by atoms with Crippen LogP contribution in [0.4, 0.5) is 0 Å². The first-order valence-electron chi connectivity index (χ1n) is 7.14. The Kier molecular flexibility index (Phi) is 4.48. The van der Waals surface area contributed by atoms with Crippen LogP contribution in [-0.2, 0) is 11.2 Å². The van der Waals surface area contributed by atoms with Crippen LogP contribution in [0, 0.1) is 5.92 Å². The number of amides is 1. The molecule has 2 unspecified atom stereocenters. The molecule has 2 rings (SSSR count). The first kappa shape index (κ1) is 15.0. The second kappa shape index (κ2) is 5.95. The van der Waals surface area contributed by atoms with E-state index < -0.39 is 11.5 Å². The average molecular weight is 295 g/mol. The summed E-state index contributed by atoms with van der Waals surface area (Å²) >= 11 is 1.44. The highest BCUT2D eigenvalue weighted by Crippen LogP contribution is 2.34. The maximum absolute atomic E-state index is 12.3. The summed E-state index contributed by atoms with van der Waals surface area (Å²) < 4.78 is 0. The van der Waals surface area contributed by atoms with Gasteiger partial charge in [-0.05, 0) is 37.3 Å². The summed E-state index contributed by atoms with van der Waals surface area (Å²) in [7, 11) is 0. The number of hydrogen-bond donors (Lipinski definition) is 2. The summed E-state index contributed by atoms with van der Waals surface area (Å²) in [6.07, 6.45) is 4.13. The van der Waals surface area contributed by atoms with Gasteiger partial charge in [0.05, 0.1) is 4.88 Å². The maximum Gasteiger partial charge on any atom is 0.329 e. The summed E-state index contributed by atoms with van der Waals surface area (Å²) in [5.41, 5.74) is -1.11. The molecule has 4 nitrogen and oxygen atoms in total. The van der Waals surface area contributed by atoms with Crippen LogP contribution in [0.15, 0.2) is 12.1 Å². The van der Waals surface area contributed by atoms with E-state index in [9.17, 15) is 14.7 Å². The number of aryl methyl sites for hydroxylation is 1. The van der Waals surface area contributed by atoms with Crippen molar-refractivity contribution in [2.75, 3.05) is 0 Å². The lowest BCUT2D eigenvalue weighted by Crippen LogP contribution is -2.59. The zero-order valence-corrected chi connectivity index (χ0v) is 12.8. The van der Waals surface area contributed by atoms with Gasteiger partial charge in [0, 0.05) is 4.88 Å². The summed E-state index contributed by atoms with van der Waals surface area (Å²) in [4.78, 5) is 25.8. The van der Waals surface area contributed by atoms with Gasteiger partial charge in [0.25, 0.3) is 5.91 Å². The van der Waals surface area contributed by atoms with Crippen molar-refractivity contribution in [2.24, 2.45) is 5.92 Å². The minimum absolute atomic E-state index is 0.0386. The van der Waals surface area contributed by atoms with Crippen LogP contribution in [0.1, 0.15) is 54.1 Å². The number of carboxylic acids is 1. The summed E-state index contributed by atoms with van der Waals surface area (Å²) in [5.74, 6) is -1.21. The highest BCUT2D eigenvalue weighted by atomic mass is 32.1.